The van der Waals surface area contributed by atoms with Gasteiger partial charge in [0.15, 0.2) is 0 Å². The molecule has 3 rings (SSSR count). The Bertz CT molecular complexity index is 836. The van der Waals surface area contributed by atoms with Crippen LogP contribution in [0.2, 0.25) is 39.3 Å². The molecule has 2 fully saturated rings. The van der Waals surface area contributed by atoms with Crippen LogP contribution in [-0.4, -0.2) is 40.4 Å². The zero-order valence-electron chi connectivity index (χ0n) is 18.1. The third kappa shape index (κ3) is 4.62. The number of hydrogen-bond acceptors (Lipinski definition) is 4. The Morgan fingerprint density at radius 3 is 2.00 bits per heavy atom. The van der Waals surface area contributed by atoms with Crippen molar-refractivity contribution in [1.29, 1.82) is 0 Å². The molecule has 2 amide bonds. The minimum atomic E-state index is -1.72. The summed E-state index contributed by atoms with van der Waals surface area (Å²) in [6.07, 6.45) is 2.77. The Morgan fingerprint density at radius 2 is 1.52 bits per heavy atom. The number of amides is 2. The first-order valence-corrected chi connectivity index (χ1v) is 17.0. The van der Waals surface area contributed by atoms with Crippen molar-refractivity contribution in [3.05, 3.63) is 48.7 Å². The summed E-state index contributed by atoms with van der Waals surface area (Å²) in [4.78, 5) is 27.7. The van der Waals surface area contributed by atoms with Gasteiger partial charge in [-0.15, -0.1) is 6.58 Å². The van der Waals surface area contributed by atoms with E-state index in [0.29, 0.717) is 5.69 Å². The second kappa shape index (κ2) is 7.70. The first-order valence-electron chi connectivity index (χ1n) is 10.1. The molecule has 1 aromatic rings. The van der Waals surface area contributed by atoms with Gasteiger partial charge < -0.3 is 9.16 Å². The summed E-state index contributed by atoms with van der Waals surface area (Å²) in [5, 5.41) is 0. The number of carbonyl (C=O) groups is 2. The molecule has 0 aliphatic carbocycles. The van der Waals surface area contributed by atoms with Gasteiger partial charge in [-0.05, 0) is 43.9 Å². The normalized spacial score (nSPS) is 27.6. The van der Waals surface area contributed by atoms with Crippen LogP contribution in [0.15, 0.2) is 48.7 Å². The van der Waals surface area contributed by atoms with Crippen molar-refractivity contribution in [1.82, 2.24) is 0 Å². The smallest absolute Gasteiger partial charge is 0.242 e. The third-order valence-electron chi connectivity index (χ3n) is 4.96. The van der Waals surface area contributed by atoms with E-state index in [1.54, 1.807) is 18.2 Å². The van der Waals surface area contributed by atoms with E-state index in [9.17, 15) is 9.59 Å². The fraction of sp³-hybridized carbons (Fsp3) is 0.455. The minimum Gasteiger partial charge on any atom is -0.544 e. The number of fused-ring (bicyclic) bond motifs is 1. The van der Waals surface area contributed by atoms with Crippen molar-refractivity contribution in [3.8, 4) is 5.75 Å². The highest BCUT2D eigenvalue weighted by molar-refractivity contribution is 6.81. The molecule has 0 bridgehead atoms. The number of ether oxygens (including phenoxy) is 1. The number of rotatable bonds is 6. The molecule has 0 radical (unpaired) electrons. The van der Waals surface area contributed by atoms with Crippen molar-refractivity contribution >= 4 is 33.9 Å². The van der Waals surface area contributed by atoms with Gasteiger partial charge in [0, 0.05) is 0 Å². The molecular weight excluding hydrogens is 398 g/mol. The third-order valence-corrected chi connectivity index (χ3v) is 7.00. The lowest BCUT2D eigenvalue weighted by Gasteiger charge is -2.22. The van der Waals surface area contributed by atoms with Crippen LogP contribution in [0, 0.1) is 11.8 Å². The van der Waals surface area contributed by atoms with E-state index >= 15 is 0 Å². The van der Waals surface area contributed by atoms with E-state index in [2.05, 4.69) is 51.6 Å². The van der Waals surface area contributed by atoms with E-state index in [1.165, 1.54) is 4.90 Å². The summed E-state index contributed by atoms with van der Waals surface area (Å²) in [5.41, 5.74) is 2.75. The second-order valence-corrected chi connectivity index (χ2v) is 19.3. The summed E-state index contributed by atoms with van der Waals surface area (Å²) in [5.74, 6) is -0.679. The summed E-state index contributed by atoms with van der Waals surface area (Å²) >= 11 is 0. The Balaban J connectivity index is 1.88. The maximum absolute atomic E-state index is 13.3. The first-order chi connectivity index (χ1) is 13.4. The SMILES string of the molecule is C=CC1OC(/C=C/[Si](C)(C)C)C2C(=O)N(c3ccc(O[Si](C)(C)C)cc3)C(=O)C12. The highest BCUT2D eigenvalue weighted by atomic mass is 28.4. The molecule has 4 atom stereocenters. The maximum atomic E-state index is 13.3. The van der Waals surface area contributed by atoms with Gasteiger partial charge in [-0.1, -0.05) is 37.5 Å². The van der Waals surface area contributed by atoms with Gasteiger partial charge in [0.05, 0.1) is 37.8 Å². The Labute approximate surface area is 175 Å². The number of benzene rings is 1. The molecule has 29 heavy (non-hydrogen) atoms. The first kappa shape index (κ1) is 21.7. The van der Waals surface area contributed by atoms with E-state index in [1.807, 2.05) is 18.2 Å². The molecule has 0 spiro atoms. The lowest BCUT2D eigenvalue weighted by atomic mass is 9.89. The zero-order valence-corrected chi connectivity index (χ0v) is 20.1. The lowest BCUT2D eigenvalue weighted by molar-refractivity contribution is -0.124. The van der Waals surface area contributed by atoms with E-state index in [0.717, 1.165) is 5.75 Å². The number of carbonyl (C=O) groups excluding carboxylic acids is 2. The van der Waals surface area contributed by atoms with Gasteiger partial charge in [-0.3, -0.25) is 9.59 Å². The predicted octanol–water partition coefficient (Wildman–Crippen LogP) is 4.39. The van der Waals surface area contributed by atoms with E-state index in [4.69, 9.17) is 9.16 Å². The van der Waals surface area contributed by atoms with Gasteiger partial charge in [0.25, 0.3) is 0 Å². The van der Waals surface area contributed by atoms with Crippen LogP contribution < -0.4 is 9.33 Å². The highest BCUT2D eigenvalue weighted by Crippen LogP contribution is 2.43. The number of imide groups is 1. The Hall–Kier alpha value is -1.97. The quantitative estimate of drug-likeness (QED) is 0.382. The lowest BCUT2D eigenvalue weighted by Crippen LogP contribution is -2.35. The molecule has 2 aliphatic rings. The Morgan fingerprint density at radius 1 is 0.966 bits per heavy atom. The number of hydrogen-bond donors (Lipinski definition) is 0. The molecule has 1 aromatic carbocycles. The average molecular weight is 430 g/mol. The maximum Gasteiger partial charge on any atom is 0.242 e. The molecule has 156 valence electrons. The molecule has 7 heteroatoms. The molecule has 4 unspecified atom stereocenters. The molecular formula is C22H31NO4Si2. The summed E-state index contributed by atoms with van der Waals surface area (Å²) in [6, 6.07) is 7.21. The van der Waals surface area contributed by atoms with Gasteiger partial charge in [0.2, 0.25) is 20.1 Å². The fourth-order valence-electron chi connectivity index (χ4n) is 3.78. The molecule has 0 saturated carbocycles. The monoisotopic (exact) mass is 429 g/mol. The van der Waals surface area contributed by atoms with E-state index in [-0.39, 0.29) is 11.8 Å². The second-order valence-electron chi connectivity index (χ2n) is 9.80. The van der Waals surface area contributed by atoms with Crippen LogP contribution in [0.5, 0.6) is 5.75 Å². The van der Waals surface area contributed by atoms with E-state index < -0.39 is 40.4 Å². The fourth-order valence-corrected chi connectivity index (χ4v) is 5.39. The molecule has 2 heterocycles. The standard InChI is InChI=1S/C22H31NO4Si2/c1-8-17-19-20(18(26-17)13-14-28(2,3)4)22(25)23(21(19)24)15-9-11-16(12-10-15)27-29(5,6)7/h8-14,17-20H,1H2,2-7H3/b14-13+. The summed E-state index contributed by atoms with van der Waals surface area (Å²) in [6.45, 7) is 16.8. The largest absolute Gasteiger partial charge is 0.544 e. The molecule has 2 aliphatic heterocycles. The van der Waals surface area contributed by atoms with Crippen LogP contribution in [0.3, 0.4) is 0 Å². The number of nitrogens with zero attached hydrogens (tertiary/aromatic N) is 1. The summed E-state index contributed by atoms with van der Waals surface area (Å²) in [7, 11) is -3.17. The molecule has 0 N–H and O–H groups in total. The van der Waals surface area contributed by atoms with Crippen molar-refractivity contribution in [2.75, 3.05) is 4.90 Å². The van der Waals surface area contributed by atoms with Crippen LogP contribution in [0.25, 0.3) is 0 Å². The zero-order chi connectivity index (χ0) is 21.6. The molecule has 2 saturated heterocycles. The molecule has 5 nitrogen and oxygen atoms in total. The topological polar surface area (TPSA) is 55.8 Å². The van der Waals surface area contributed by atoms with Gasteiger partial charge in [-0.2, -0.15) is 0 Å². The number of anilines is 1. The van der Waals surface area contributed by atoms with Crippen LogP contribution >= 0.6 is 0 Å². The van der Waals surface area contributed by atoms with Crippen LogP contribution in [0.4, 0.5) is 5.69 Å². The van der Waals surface area contributed by atoms with Crippen LogP contribution in [-0.2, 0) is 14.3 Å². The summed E-state index contributed by atoms with van der Waals surface area (Å²) < 4.78 is 12.0. The predicted molar refractivity (Wildman–Crippen MR) is 121 cm³/mol. The average Bonchev–Trinajstić information content (AvgIpc) is 3.09. The van der Waals surface area contributed by atoms with Crippen molar-refractivity contribution in [3.63, 3.8) is 0 Å². The van der Waals surface area contributed by atoms with Crippen molar-refractivity contribution < 1.29 is 18.8 Å². The van der Waals surface area contributed by atoms with Gasteiger partial charge in [0.1, 0.15) is 5.75 Å². The molecule has 0 aromatic heterocycles. The Kier molecular flexibility index (Phi) is 5.77. The van der Waals surface area contributed by atoms with Crippen LogP contribution in [0.1, 0.15) is 0 Å². The minimum absolute atomic E-state index is 0.201. The van der Waals surface area contributed by atoms with Gasteiger partial charge in [-0.25, -0.2) is 4.90 Å². The highest BCUT2D eigenvalue weighted by Gasteiger charge is 2.58. The van der Waals surface area contributed by atoms with Gasteiger partial charge >= 0.3 is 0 Å². The van der Waals surface area contributed by atoms with Crippen molar-refractivity contribution in [2.45, 2.75) is 51.5 Å². The van der Waals surface area contributed by atoms with Crippen molar-refractivity contribution in [2.24, 2.45) is 11.8 Å².